The normalized spacial score (nSPS) is 16.5. The van der Waals surface area contributed by atoms with Crippen LogP contribution in [0.3, 0.4) is 0 Å². The van der Waals surface area contributed by atoms with E-state index < -0.39 is 0 Å². The van der Waals surface area contributed by atoms with Crippen molar-refractivity contribution in [1.29, 1.82) is 0 Å². The number of ether oxygens (including phenoxy) is 1. The molecule has 0 amide bonds. The lowest BCUT2D eigenvalue weighted by atomic mass is 9.96. The Morgan fingerprint density at radius 2 is 1.82 bits per heavy atom. The molecule has 1 fully saturated rings. The predicted molar refractivity (Wildman–Crippen MR) is 90.1 cm³/mol. The molecule has 3 heteroatoms. The summed E-state index contributed by atoms with van der Waals surface area (Å²) in [5.74, 6) is 1.16. The quantitative estimate of drug-likeness (QED) is 0.911. The van der Waals surface area contributed by atoms with Crippen LogP contribution >= 0.6 is 0 Å². The highest BCUT2D eigenvalue weighted by atomic mass is 16.5. The van der Waals surface area contributed by atoms with E-state index >= 15 is 0 Å². The summed E-state index contributed by atoms with van der Waals surface area (Å²) in [4.78, 5) is 2.40. The van der Waals surface area contributed by atoms with E-state index in [0.717, 1.165) is 37.6 Å². The number of aromatic hydroxyl groups is 1. The van der Waals surface area contributed by atoms with Crippen molar-refractivity contribution in [2.45, 2.75) is 25.8 Å². The van der Waals surface area contributed by atoms with Gasteiger partial charge >= 0.3 is 0 Å². The van der Waals surface area contributed by atoms with Gasteiger partial charge < -0.3 is 14.7 Å². The minimum atomic E-state index is 0.328. The molecule has 1 saturated heterocycles. The molecule has 0 saturated carbocycles. The number of fused-ring (bicyclic) bond motifs is 1. The third kappa shape index (κ3) is 3.99. The van der Waals surface area contributed by atoms with Crippen LogP contribution in [-0.2, 0) is 11.3 Å². The van der Waals surface area contributed by atoms with Gasteiger partial charge in [0.25, 0.3) is 0 Å². The molecular weight excluding hydrogens is 274 g/mol. The fourth-order valence-electron chi connectivity index (χ4n) is 3.21. The number of phenols is 1. The summed E-state index contributed by atoms with van der Waals surface area (Å²) in [5.41, 5.74) is 1.33. The Bertz CT molecular complexity index is 620. The van der Waals surface area contributed by atoms with Gasteiger partial charge in [0.2, 0.25) is 0 Å². The van der Waals surface area contributed by atoms with Gasteiger partial charge in [0.15, 0.2) is 0 Å². The van der Waals surface area contributed by atoms with E-state index in [4.69, 9.17) is 4.74 Å². The lowest BCUT2D eigenvalue weighted by Crippen LogP contribution is -2.24. The first kappa shape index (κ1) is 15.3. The fraction of sp³-hybridized carbons (Fsp3) is 0.474. The summed E-state index contributed by atoms with van der Waals surface area (Å²) in [6.07, 6.45) is 3.70. The highest BCUT2D eigenvalue weighted by molar-refractivity contribution is 5.84. The molecule has 3 rings (SSSR count). The number of hydrogen-bond acceptors (Lipinski definition) is 3. The minimum Gasteiger partial charge on any atom is -0.508 e. The van der Waals surface area contributed by atoms with Crippen molar-refractivity contribution in [3.05, 3.63) is 42.0 Å². The Morgan fingerprint density at radius 1 is 1.09 bits per heavy atom. The molecule has 0 atom stereocenters. The van der Waals surface area contributed by atoms with Crippen molar-refractivity contribution in [2.75, 3.05) is 26.8 Å². The number of hydrogen-bond donors (Lipinski definition) is 1. The number of phenolic OH excluding ortho intramolecular Hbond substituents is 1. The molecule has 22 heavy (non-hydrogen) atoms. The van der Waals surface area contributed by atoms with Crippen molar-refractivity contribution in [1.82, 2.24) is 4.90 Å². The number of benzene rings is 2. The maximum Gasteiger partial charge on any atom is 0.116 e. The summed E-state index contributed by atoms with van der Waals surface area (Å²) in [5, 5.41) is 11.8. The van der Waals surface area contributed by atoms with Crippen molar-refractivity contribution < 1.29 is 9.84 Å². The maximum absolute atomic E-state index is 9.52. The number of nitrogens with zero attached hydrogens (tertiary/aromatic N) is 1. The Morgan fingerprint density at radius 3 is 2.64 bits per heavy atom. The van der Waals surface area contributed by atoms with E-state index in [1.54, 1.807) is 6.07 Å². The van der Waals surface area contributed by atoms with Crippen LogP contribution in [0.25, 0.3) is 10.8 Å². The molecule has 1 N–H and O–H groups in total. The van der Waals surface area contributed by atoms with Gasteiger partial charge in [-0.1, -0.05) is 18.2 Å². The lowest BCUT2D eigenvalue weighted by molar-refractivity contribution is 0.0608. The fourth-order valence-corrected chi connectivity index (χ4v) is 3.21. The van der Waals surface area contributed by atoms with Crippen molar-refractivity contribution in [3.63, 3.8) is 0 Å². The van der Waals surface area contributed by atoms with Crippen LogP contribution in [0.5, 0.6) is 5.75 Å². The van der Waals surface area contributed by atoms with E-state index in [1.165, 1.54) is 30.2 Å². The van der Waals surface area contributed by atoms with E-state index in [1.807, 2.05) is 12.1 Å². The summed E-state index contributed by atoms with van der Waals surface area (Å²) in [6.45, 7) is 3.98. The molecule has 1 aliphatic rings. The summed E-state index contributed by atoms with van der Waals surface area (Å²) < 4.78 is 5.42. The average molecular weight is 299 g/mol. The Balaban J connectivity index is 1.56. The lowest BCUT2D eigenvalue weighted by Gasteiger charge is -2.24. The SMILES string of the molecule is CN(CCC1CCOCC1)Cc1ccc2cc(O)ccc2c1. The van der Waals surface area contributed by atoms with E-state index in [9.17, 15) is 5.11 Å². The molecule has 2 aromatic rings. The van der Waals surface area contributed by atoms with Crippen molar-refractivity contribution in [3.8, 4) is 5.75 Å². The Kier molecular flexibility index (Phi) is 4.96. The van der Waals surface area contributed by atoms with Gasteiger partial charge in [-0.15, -0.1) is 0 Å². The van der Waals surface area contributed by atoms with Crippen molar-refractivity contribution in [2.24, 2.45) is 5.92 Å². The number of rotatable bonds is 5. The van der Waals surface area contributed by atoms with Crippen LogP contribution < -0.4 is 0 Å². The van der Waals surface area contributed by atoms with Crippen LogP contribution in [0, 0.1) is 5.92 Å². The predicted octanol–water partition coefficient (Wildman–Crippen LogP) is 3.79. The third-order valence-electron chi connectivity index (χ3n) is 4.60. The first-order valence-electron chi connectivity index (χ1n) is 8.18. The second kappa shape index (κ2) is 7.12. The van der Waals surface area contributed by atoms with Gasteiger partial charge in [-0.3, -0.25) is 0 Å². The molecular formula is C19H25NO2. The van der Waals surface area contributed by atoms with E-state index in [-0.39, 0.29) is 0 Å². The first-order valence-corrected chi connectivity index (χ1v) is 8.18. The zero-order chi connectivity index (χ0) is 15.4. The summed E-state index contributed by atoms with van der Waals surface area (Å²) in [6, 6.07) is 12.0. The molecule has 0 aliphatic carbocycles. The first-order chi connectivity index (χ1) is 10.7. The van der Waals surface area contributed by atoms with Gasteiger partial charge in [0.05, 0.1) is 0 Å². The van der Waals surface area contributed by atoms with E-state index in [0.29, 0.717) is 5.75 Å². The smallest absolute Gasteiger partial charge is 0.116 e. The van der Waals surface area contributed by atoms with Gasteiger partial charge in [-0.2, -0.15) is 0 Å². The summed E-state index contributed by atoms with van der Waals surface area (Å²) >= 11 is 0. The largest absolute Gasteiger partial charge is 0.508 e. The molecule has 118 valence electrons. The highest BCUT2D eigenvalue weighted by Crippen LogP contribution is 2.22. The van der Waals surface area contributed by atoms with Gasteiger partial charge in [-0.05, 0) is 73.3 Å². The standard InChI is InChI=1S/C19H25NO2/c1-20(9-6-15-7-10-22-11-8-15)14-16-2-3-18-13-19(21)5-4-17(18)12-16/h2-5,12-13,15,21H,6-11,14H2,1H3. The molecule has 1 aliphatic heterocycles. The topological polar surface area (TPSA) is 32.7 Å². The van der Waals surface area contributed by atoms with Crippen molar-refractivity contribution >= 4 is 10.8 Å². The van der Waals surface area contributed by atoms with Gasteiger partial charge in [-0.25, -0.2) is 0 Å². The summed E-state index contributed by atoms with van der Waals surface area (Å²) in [7, 11) is 2.19. The average Bonchev–Trinajstić information content (AvgIpc) is 2.54. The second-order valence-electron chi connectivity index (χ2n) is 6.45. The Hall–Kier alpha value is -1.58. The van der Waals surface area contributed by atoms with Crippen LogP contribution in [-0.4, -0.2) is 36.8 Å². The molecule has 2 aromatic carbocycles. The maximum atomic E-state index is 9.52. The molecule has 0 unspecified atom stereocenters. The minimum absolute atomic E-state index is 0.328. The molecule has 1 heterocycles. The van der Waals surface area contributed by atoms with Crippen LogP contribution in [0.2, 0.25) is 0 Å². The van der Waals surface area contributed by atoms with Crippen LogP contribution in [0.1, 0.15) is 24.8 Å². The third-order valence-corrected chi connectivity index (χ3v) is 4.60. The molecule has 0 spiro atoms. The van der Waals surface area contributed by atoms with Gasteiger partial charge in [0.1, 0.15) is 5.75 Å². The van der Waals surface area contributed by atoms with E-state index in [2.05, 4.69) is 30.1 Å². The zero-order valence-electron chi connectivity index (χ0n) is 13.3. The van der Waals surface area contributed by atoms with Crippen LogP contribution in [0.4, 0.5) is 0 Å². The zero-order valence-corrected chi connectivity index (χ0v) is 13.3. The highest BCUT2D eigenvalue weighted by Gasteiger charge is 2.14. The Labute approximate surface area is 132 Å². The molecule has 0 bridgehead atoms. The molecule has 3 nitrogen and oxygen atoms in total. The molecule has 0 aromatic heterocycles. The van der Waals surface area contributed by atoms with Crippen LogP contribution in [0.15, 0.2) is 36.4 Å². The second-order valence-corrected chi connectivity index (χ2v) is 6.45. The molecule has 0 radical (unpaired) electrons. The monoisotopic (exact) mass is 299 g/mol. The van der Waals surface area contributed by atoms with Gasteiger partial charge in [0, 0.05) is 19.8 Å².